The third-order valence-corrected chi connectivity index (χ3v) is 6.64. The number of unbranched alkanes of at least 4 members (excludes halogenated alkanes) is 2. The fraction of sp³-hybridized carbons (Fsp3) is 0.483. The Morgan fingerprint density at radius 3 is 2.33 bits per heavy atom. The van der Waals surface area contributed by atoms with Crippen molar-refractivity contribution in [1.29, 1.82) is 0 Å². The second kappa shape index (κ2) is 17.5. The third-order valence-electron chi connectivity index (χ3n) is 5.42. The Kier molecular flexibility index (Phi) is 14.4. The van der Waals surface area contributed by atoms with Crippen LogP contribution in [0, 0.1) is 5.82 Å². The minimum Gasteiger partial charge on any atom is -0.490 e. The summed E-state index contributed by atoms with van der Waals surface area (Å²) < 4.78 is 65.3. The molecule has 2 rings (SSSR count). The molecule has 0 spiro atoms. The van der Waals surface area contributed by atoms with Gasteiger partial charge in [-0.05, 0) is 61.2 Å². The van der Waals surface area contributed by atoms with Crippen LogP contribution in [0.3, 0.4) is 0 Å². The summed E-state index contributed by atoms with van der Waals surface area (Å²) in [4.78, 5) is 11.9. The average molecular weight is 567 g/mol. The molecule has 216 valence electrons. The van der Waals surface area contributed by atoms with Crippen molar-refractivity contribution in [3.63, 3.8) is 0 Å². The maximum absolute atomic E-state index is 14.5. The molecule has 0 fully saturated rings. The summed E-state index contributed by atoms with van der Waals surface area (Å²) in [6.45, 7) is 7.64. The predicted octanol–water partition coefficient (Wildman–Crippen LogP) is 5.73. The first-order chi connectivity index (χ1) is 18.8. The summed E-state index contributed by atoms with van der Waals surface area (Å²) >= 11 is 0. The number of halogens is 1. The van der Waals surface area contributed by atoms with Crippen molar-refractivity contribution < 1.29 is 40.7 Å². The number of hydrogen-bond donors (Lipinski definition) is 0. The van der Waals surface area contributed by atoms with Crippen LogP contribution in [-0.4, -0.2) is 53.2 Å². The molecule has 0 heterocycles. The van der Waals surface area contributed by atoms with Gasteiger partial charge in [0.05, 0.1) is 25.6 Å². The van der Waals surface area contributed by atoms with Gasteiger partial charge in [0.2, 0.25) is 0 Å². The van der Waals surface area contributed by atoms with Crippen LogP contribution < -0.4 is 13.7 Å². The normalized spacial score (nSPS) is 11.5. The Morgan fingerprint density at radius 2 is 1.62 bits per heavy atom. The highest BCUT2D eigenvalue weighted by atomic mass is 32.2. The molecular weight excluding hydrogens is 527 g/mol. The molecule has 0 atom stereocenters. The Morgan fingerprint density at radius 1 is 0.872 bits per heavy atom. The van der Waals surface area contributed by atoms with Crippen molar-refractivity contribution in [3.8, 4) is 17.2 Å². The van der Waals surface area contributed by atoms with Crippen molar-refractivity contribution in [3.05, 3.63) is 59.4 Å². The monoisotopic (exact) mass is 566 g/mol. The van der Waals surface area contributed by atoms with Crippen LogP contribution in [0.25, 0.3) is 6.08 Å². The van der Waals surface area contributed by atoms with Gasteiger partial charge in [-0.15, -0.1) is 0 Å². The van der Waals surface area contributed by atoms with Crippen molar-refractivity contribution in [1.82, 2.24) is 0 Å². The summed E-state index contributed by atoms with van der Waals surface area (Å²) in [6.07, 6.45) is 6.33. The summed E-state index contributed by atoms with van der Waals surface area (Å²) in [6, 6.07) is 9.48. The minimum absolute atomic E-state index is 0.158. The molecule has 2 aromatic carbocycles. The van der Waals surface area contributed by atoms with E-state index in [-0.39, 0.29) is 24.7 Å². The van der Waals surface area contributed by atoms with E-state index in [4.69, 9.17) is 23.1 Å². The van der Waals surface area contributed by atoms with Gasteiger partial charge in [0.15, 0.2) is 23.1 Å². The van der Waals surface area contributed by atoms with E-state index in [2.05, 4.69) is 6.92 Å². The van der Waals surface area contributed by atoms with Gasteiger partial charge in [-0.2, -0.15) is 8.42 Å². The molecule has 10 heteroatoms. The molecular formula is C29H39FO8S. The highest BCUT2D eigenvalue weighted by molar-refractivity contribution is 7.87. The van der Waals surface area contributed by atoms with E-state index in [0.717, 1.165) is 18.4 Å². The van der Waals surface area contributed by atoms with E-state index in [1.54, 1.807) is 30.3 Å². The Balaban J connectivity index is 2.00. The highest BCUT2D eigenvalue weighted by Gasteiger charge is 2.16. The SMILES string of the molecule is CCCCOc1cc(C=CC(=O)OCCOCC)ccc1OCCc1ccc(OS(=O)(=O)CCCC)c(F)c1. The largest absolute Gasteiger partial charge is 0.490 e. The Labute approximate surface area is 231 Å². The topological polar surface area (TPSA) is 97.4 Å². The average Bonchev–Trinajstić information content (AvgIpc) is 2.91. The number of carbonyl (C=O) groups excluding carboxylic acids is 1. The van der Waals surface area contributed by atoms with Crippen LogP contribution in [0.5, 0.6) is 17.2 Å². The maximum atomic E-state index is 14.5. The van der Waals surface area contributed by atoms with Crippen LogP contribution in [0.1, 0.15) is 57.6 Å². The van der Waals surface area contributed by atoms with Gasteiger partial charge in [-0.1, -0.05) is 38.8 Å². The number of rotatable bonds is 19. The van der Waals surface area contributed by atoms with Crippen LogP contribution in [0.4, 0.5) is 4.39 Å². The molecule has 0 aliphatic carbocycles. The van der Waals surface area contributed by atoms with Crippen LogP contribution in [0.2, 0.25) is 0 Å². The van der Waals surface area contributed by atoms with E-state index in [1.165, 1.54) is 18.2 Å². The van der Waals surface area contributed by atoms with Crippen molar-refractivity contribution in [2.45, 2.75) is 52.9 Å². The Hall–Kier alpha value is -3.11. The lowest BCUT2D eigenvalue weighted by molar-refractivity contribution is -0.139. The van der Waals surface area contributed by atoms with Gasteiger partial charge in [0, 0.05) is 19.1 Å². The zero-order valence-corrected chi connectivity index (χ0v) is 23.8. The summed E-state index contributed by atoms with van der Waals surface area (Å²) in [7, 11) is -3.83. The predicted molar refractivity (Wildman–Crippen MR) is 148 cm³/mol. The molecule has 0 aromatic heterocycles. The molecule has 0 amide bonds. The minimum atomic E-state index is -3.83. The van der Waals surface area contributed by atoms with Crippen LogP contribution >= 0.6 is 0 Å². The van der Waals surface area contributed by atoms with Gasteiger partial charge >= 0.3 is 16.1 Å². The summed E-state index contributed by atoms with van der Waals surface area (Å²) in [5.74, 6) is -0.639. The van der Waals surface area contributed by atoms with E-state index in [9.17, 15) is 17.6 Å². The zero-order chi connectivity index (χ0) is 28.5. The van der Waals surface area contributed by atoms with Gasteiger partial charge in [-0.3, -0.25) is 0 Å². The van der Waals surface area contributed by atoms with Crippen LogP contribution in [0.15, 0.2) is 42.5 Å². The second-order valence-electron chi connectivity index (χ2n) is 8.67. The number of ether oxygens (including phenoxy) is 4. The van der Waals surface area contributed by atoms with Gasteiger partial charge in [-0.25, -0.2) is 9.18 Å². The lowest BCUT2D eigenvalue weighted by atomic mass is 10.1. The third kappa shape index (κ3) is 12.5. The van der Waals surface area contributed by atoms with Gasteiger partial charge in [0.1, 0.15) is 6.61 Å². The Bertz CT molecular complexity index is 1160. The number of hydrogen-bond acceptors (Lipinski definition) is 8. The molecule has 0 unspecified atom stereocenters. The quantitative estimate of drug-likeness (QED) is 0.0921. The van der Waals surface area contributed by atoms with Gasteiger partial charge < -0.3 is 23.1 Å². The van der Waals surface area contributed by atoms with E-state index in [0.29, 0.717) is 56.1 Å². The number of benzene rings is 2. The smallest absolute Gasteiger partial charge is 0.330 e. The zero-order valence-electron chi connectivity index (χ0n) is 22.9. The number of esters is 1. The van der Waals surface area contributed by atoms with Crippen molar-refractivity contribution in [2.24, 2.45) is 0 Å². The first-order valence-corrected chi connectivity index (χ1v) is 14.9. The fourth-order valence-electron chi connectivity index (χ4n) is 3.29. The molecule has 0 saturated carbocycles. The molecule has 0 saturated heterocycles. The van der Waals surface area contributed by atoms with E-state index in [1.807, 2.05) is 13.8 Å². The fourth-order valence-corrected chi connectivity index (χ4v) is 4.42. The lowest BCUT2D eigenvalue weighted by Gasteiger charge is -2.14. The summed E-state index contributed by atoms with van der Waals surface area (Å²) in [5.41, 5.74) is 1.36. The summed E-state index contributed by atoms with van der Waals surface area (Å²) in [5, 5.41) is 0. The molecule has 0 radical (unpaired) electrons. The standard InChI is InChI=1S/C29H39FO8S/c1-4-7-16-35-28-22-23(11-14-29(31)37-19-18-34-6-3)10-13-27(28)36-17-15-24-9-12-26(25(30)21-24)38-39(32,33)20-8-5-2/h9-14,21-22H,4-8,15-20H2,1-3H3. The van der Waals surface area contributed by atoms with E-state index < -0.39 is 21.9 Å². The second-order valence-corrected chi connectivity index (χ2v) is 10.4. The van der Waals surface area contributed by atoms with Gasteiger partial charge in [0.25, 0.3) is 0 Å². The maximum Gasteiger partial charge on any atom is 0.330 e. The highest BCUT2D eigenvalue weighted by Crippen LogP contribution is 2.30. The molecule has 39 heavy (non-hydrogen) atoms. The number of carbonyl (C=O) groups is 1. The molecule has 0 aliphatic rings. The van der Waals surface area contributed by atoms with E-state index >= 15 is 0 Å². The van der Waals surface area contributed by atoms with Crippen molar-refractivity contribution >= 4 is 22.2 Å². The lowest BCUT2D eigenvalue weighted by Crippen LogP contribution is -2.14. The molecule has 0 N–H and O–H groups in total. The van der Waals surface area contributed by atoms with Crippen molar-refractivity contribution in [2.75, 3.05) is 38.8 Å². The first kappa shape index (κ1) is 32.1. The molecule has 8 nitrogen and oxygen atoms in total. The molecule has 2 aromatic rings. The van der Waals surface area contributed by atoms with Crippen LogP contribution in [-0.2, 0) is 30.8 Å². The molecule has 0 bridgehead atoms. The molecule has 0 aliphatic heterocycles. The first-order valence-electron chi connectivity index (χ1n) is 13.3.